The standard InChI is InChI=1S/C27H29F3N4O3S/c1-5-15(2)16-10-17(12-18(11-16)33-24-31-9-7-21(34-24)27(28,29)30)20-13-32-23(38-20)26(37)8-6-19(22(35)36)25(3,4)14-26/h5,7,9-13,19,37H,6,8,14H2,1-4H3,(H,35,36)(H,31,33,34)/b15-5+. The minimum absolute atomic E-state index is 0.183. The van der Waals surface area contributed by atoms with Gasteiger partial charge in [-0.25, -0.2) is 15.0 Å². The number of alkyl halides is 3. The molecule has 1 aromatic carbocycles. The van der Waals surface area contributed by atoms with Crippen molar-refractivity contribution in [2.45, 2.75) is 58.7 Å². The van der Waals surface area contributed by atoms with Gasteiger partial charge < -0.3 is 15.5 Å². The Labute approximate surface area is 222 Å². The summed E-state index contributed by atoms with van der Waals surface area (Å²) in [5.41, 5.74) is 0.140. The molecule has 11 heteroatoms. The molecular formula is C27H29F3N4O3S. The number of anilines is 2. The second kappa shape index (κ2) is 10.1. The van der Waals surface area contributed by atoms with Crippen LogP contribution in [0.25, 0.3) is 16.0 Å². The number of carbonyl (C=O) groups is 1. The lowest BCUT2D eigenvalue weighted by atomic mass is 9.63. The molecule has 0 spiro atoms. The van der Waals surface area contributed by atoms with Crippen LogP contribution in [0.2, 0.25) is 0 Å². The fourth-order valence-electron chi connectivity index (χ4n) is 4.94. The van der Waals surface area contributed by atoms with Crippen LogP contribution < -0.4 is 5.32 Å². The van der Waals surface area contributed by atoms with E-state index in [0.717, 1.165) is 33.8 Å². The van der Waals surface area contributed by atoms with Gasteiger partial charge in [0.05, 0.1) is 10.8 Å². The summed E-state index contributed by atoms with van der Waals surface area (Å²) in [6.07, 6.45) is 0.937. The summed E-state index contributed by atoms with van der Waals surface area (Å²) in [5, 5.41) is 24.4. The molecule has 0 radical (unpaired) electrons. The molecule has 2 unspecified atom stereocenters. The Morgan fingerprint density at radius 2 is 1.97 bits per heavy atom. The topological polar surface area (TPSA) is 108 Å². The average molecular weight is 547 g/mol. The van der Waals surface area contributed by atoms with E-state index in [1.165, 1.54) is 11.3 Å². The van der Waals surface area contributed by atoms with E-state index < -0.39 is 34.8 Å². The zero-order valence-corrected chi connectivity index (χ0v) is 22.2. The van der Waals surface area contributed by atoms with Gasteiger partial charge in [0, 0.05) is 18.1 Å². The van der Waals surface area contributed by atoms with Gasteiger partial charge in [0.2, 0.25) is 5.95 Å². The predicted octanol–water partition coefficient (Wildman–Crippen LogP) is 6.88. The lowest BCUT2D eigenvalue weighted by molar-refractivity contribution is -0.154. The molecule has 3 N–H and O–H groups in total. The summed E-state index contributed by atoms with van der Waals surface area (Å²) >= 11 is 1.31. The van der Waals surface area contributed by atoms with Crippen LogP contribution in [-0.4, -0.2) is 31.1 Å². The third-order valence-electron chi connectivity index (χ3n) is 7.05. The molecule has 1 aliphatic carbocycles. The number of hydrogen-bond donors (Lipinski definition) is 3. The highest BCUT2D eigenvalue weighted by Gasteiger charge is 2.49. The van der Waals surface area contributed by atoms with Crippen LogP contribution >= 0.6 is 11.3 Å². The number of carboxylic acids is 1. The number of aliphatic hydroxyl groups is 1. The second-order valence-corrected chi connectivity index (χ2v) is 11.3. The molecule has 0 aliphatic heterocycles. The fourth-order valence-corrected chi connectivity index (χ4v) is 5.96. The van der Waals surface area contributed by atoms with E-state index in [4.69, 9.17) is 0 Å². The van der Waals surface area contributed by atoms with Gasteiger partial charge in [-0.05, 0) is 79.5 Å². The Bertz CT molecular complexity index is 1390. The maximum absolute atomic E-state index is 13.1. The molecule has 0 saturated heterocycles. The zero-order valence-electron chi connectivity index (χ0n) is 21.4. The van der Waals surface area contributed by atoms with Gasteiger partial charge in [0.15, 0.2) is 0 Å². The Balaban J connectivity index is 1.68. The van der Waals surface area contributed by atoms with Crippen molar-refractivity contribution in [3.63, 3.8) is 0 Å². The number of aromatic nitrogens is 3. The van der Waals surface area contributed by atoms with Crippen LogP contribution in [0, 0.1) is 11.3 Å². The van der Waals surface area contributed by atoms with Gasteiger partial charge in [-0.3, -0.25) is 4.79 Å². The maximum atomic E-state index is 13.1. The molecule has 1 saturated carbocycles. The van der Waals surface area contributed by atoms with Gasteiger partial charge in [-0.1, -0.05) is 19.9 Å². The first kappa shape index (κ1) is 27.7. The molecule has 202 valence electrons. The molecular weight excluding hydrogens is 517 g/mol. The molecule has 2 aromatic heterocycles. The number of rotatable bonds is 6. The maximum Gasteiger partial charge on any atom is 0.433 e. The third kappa shape index (κ3) is 5.73. The number of aliphatic carboxylic acids is 1. The first-order valence-electron chi connectivity index (χ1n) is 12.1. The van der Waals surface area contributed by atoms with Crippen LogP contribution in [-0.2, 0) is 16.6 Å². The molecule has 0 amide bonds. The third-order valence-corrected chi connectivity index (χ3v) is 8.29. The van der Waals surface area contributed by atoms with E-state index in [1.54, 1.807) is 18.3 Å². The lowest BCUT2D eigenvalue weighted by Gasteiger charge is -2.44. The smallest absolute Gasteiger partial charge is 0.433 e. The minimum Gasteiger partial charge on any atom is -0.481 e. The highest BCUT2D eigenvalue weighted by molar-refractivity contribution is 7.15. The molecule has 7 nitrogen and oxygen atoms in total. The van der Waals surface area contributed by atoms with E-state index >= 15 is 0 Å². The van der Waals surface area contributed by atoms with Crippen LogP contribution in [0.5, 0.6) is 0 Å². The molecule has 0 bridgehead atoms. The Hall–Kier alpha value is -3.31. The summed E-state index contributed by atoms with van der Waals surface area (Å²) < 4.78 is 39.4. The monoisotopic (exact) mass is 546 g/mol. The lowest BCUT2D eigenvalue weighted by Crippen LogP contribution is -2.44. The van der Waals surface area contributed by atoms with Crippen LogP contribution in [0.1, 0.15) is 63.2 Å². The van der Waals surface area contributed by atoms with Gasteiger partial charge in [0.1, 0.15) is 16.3 Å². The zero-order chi connectivity index (χ0) is 27.9. The predicted molar refractivity (Wildman–Crippen MR) is 140 cm³/mol. The summed E-state index contributed by atoms with van der Waals surface area (Å²) in [4.78, 5) is 24.5. The van der Waals surface area contributed by atoms with Crippen molar-refractivity contribution in [1.29, 1.82) is 0 Å². The van der Waals surface area contributed by atoms with E-state index in [-0.39, 0.29) is 18.8 Å². The number of thiazole rings is 1. The van der Waals surface area contributed by atoms with Gasteiger partial charge in [-0.2, -0.15) is 13.2 Å². The normalized spacial score (nSPS) is 21.8. The molecule has 2 atom stereocenters. The Morgan fingerprint density at radius 3 is 2.61 bits per heavy atom. The number of nitrogens with zero attached hydrogens (tertiary/aromatic N) is 3. The van der Waals surface area contributed by atoms with Gasteiger partial charge in [0.25, 0.3) is 0 Å². The van der Waals surface area contributed by atoms with Crippen molar-refractivity contribution in [3.05, 3.63) is 59.0 Å². The number of allylic oxidation sites excluding steroid dienone is 2. The van der Waals surface area contributed by atoms with E-state index in [0.29, 0.717) is 17.1 Å². The van der Waals surface area contributed by atoms with Crippen LogP contribution in [0.3, 0.4) is 0 Å². The summed E-state index contributed by atoms with van der Waals surface area (Å²) in [6.45, 7) is 7.51. The van der Waals surface area contributed by atoms with Crippen molar-refractivity contribution < 1.29 is 28.2 Å². The van der Waals surface area contributed by atoms with E-state index in [1.807, 2.05) is 39.8 Å². The van der Waals surface area contributed by atoms with Crippen molar-refractivity contribution in [1.82, 2.24) is 15.0 Å². The largest absolute Gasteiger partial charge is 0.481 e. The van der Waals surface area contributed by atoms with E-state index in [9.17, 15) is 28.2 Å². The highest BCUT2D eigenvalue weighted by Crippen LogP contribution is 2.51. The summed E-state index contributed by atoms with van der Waals surface area (Å²) in [5.74, 6) is -1.59. The molecule has 38 heavy (non-hydrogen) atoms. The molecule has 3 aromatic rings. The van der Waals surface area contributed by atoms with E-state index in [2.05, 4.69) is 20.3 Å². The minimum atomic E-state index is -4.59. The molecule has 1 aliphatic rings. The highest BCUT2D eigenvalue weighted by atomic mass is 32.1. The SMILES string of the molecule is C/C=C(\C)c1cc(Nc2nccc(C(F)(F)F)n2)cc(-c2cnc(C3(O)CCC(C(=O)O)C(C)(C)C3)s2)c1. The van der Waals surface area contributed by atoms with Gasteiger partial charge in [-0.15, -0.1) is 11.3 Å². The number of benzene rings is 1. The van der Waals surface area contributed by atoms with Crippen molar-refractivity contribution in [2.24, 2.45) is 11.3 Å². The Kier molecular flexibility index (Phi) is 7.37. The Morgan fingerprint density at radius 1 is 1.24 bits per heavy atom. The number of hydrogen-bond acceptors (Lipinski definition) is 7. The molecule has 2 heterocycles. The first-order valence-corrected chi connectivity index (χ1v) is 12.9. The van der Waals surface area contributed by atoms with Crippen molar-refractivity contribution in [3.8, 4) is 10.4 Å². The number of carboxylic acid groups (broad SMARTS) is 1. The van der Waals surface area contributed by atoms with Crippen LogP contribution in [0.15, 0.2) is 42.7 Å². The summed E-state index contributed by atoms with van der Waals surface area (Å²) in [6, 6.07) is 6.32. The number of nitrogens with one attached hydrogen (secondary N) is 1. The van der Waals surface area contributed by atoms with Crippen molar-refractivity contribution >= 4 is 34.5 Å². The molecule has 1 fully saturated rings. The van der Waals surface area contributed by atoms with Crippen molar-refractivity contribution in [2.75, 3.05) is 5.32 Å². The van der Waals surface area contributed by atoms with Crippen LogP contribution in [0.4, 0.5) is 24.8 Å². The van der Waals surface area contributed by atoms with Gasteiger partial charge >= 0.3 is 12.1 Å². The number of halogens is 3. The first-order chi connectivity index (χ1) is 17.7. The fraction of sp³-hybridized carbons (Fsp3) is 0.407. The average Bonchev–Trinajstić information content (AvgIpc) is 3.33. The quantitative estimate of drug-likeness (QED) is 0.309. The second-order valence-electron chi connectivity index (χ2n) is 10.3. The molecule has 4 rings (SSSR count). The summed E-state index contributed by atoms with van der Waals surface area (Å²) in [7, 11) is 0.